The van der Waals surface area contributed by atoms with Gasteiger partial charge in [-0.25, -0.2) is 23.4 Å². The Balaban J connectivity index is 1.62. The zero-order chi connectivity index (χ0) is 30.3. The molecule has 0 saturated carbocycles. The topological polar surface area (TPSA) is 120 Å². The van der Waals surface area contributed by atoms with Gasteiger partial charge in [-0.2, -0.15) is 0 Å². The number of aromatic nitrogens is 2. The molecule has 0 fully saturated rings. The number of benzene rings is 1. The van der Waals surface area contributed by atoms with Crippen molar-refractivity contribution in [2.75, 3.05) is 13.7 Å². The smallest absolute Gasteiger partial charge is 0.408 e. The molecule has 2 amide bonds. The molecule has 2 N–H and O–H groups in total. The van der Waals surface area contributed by atoms with E-state index >= 15 is 0 Å². The minimum Gasteiger partial charge on any atom is -0.485 e. The van der Waals surface area contributed by atoms with Crippen LogP contribution in [0.2, 0.25) is 0 Å². The number of amides is 2. The largest absolute Gasteiger partial charge is 0.485 e. The number of unbranched alkanes of at least 4 members (excludes halogenated alkanes) is 1. The number of fused-ring (bicyclic) bond motifs is 1. The van der Waals surface area contributed by atoms with Crippen LogP contribution in [0.5, 0.6) is 5.75 Å². The molecule has 0 unspecified atom stereocenters. The van der Waals surface area contributed by atoms with Crippen LogP contribution in [-0.4, -0.2) is 52.7 Å². The summed E-state index contributed by atoms with van der Waals surface area (Å²) in [6.07, 6.45) is 2.32. The van der Waals surface area contributed by atoms with Crippen LogP contribution in [0.3, 0.4) is 0 Å². The summed E-state index contributed by atoms with van der Waals surface area (Å²) in [5, 5.41) is 5.37. The molecule has 0 aliphatic heterocycles. The van der Waals surface area contributed by atoms with Crippen molar-refractivity contribution in [1.29, 1.82) is 0 Å². The van der Waals surface area contributed by atoms with Gasteiger partial charge in [-0.05, 0) is 77.6 Å². The molecule has 2 heterocycles. The maximum atomic E-state index is 14.1. The number of nitrogens with one attached hydrogen (secondary N) is 2. The van der Waals surface area contributed by atoms with Crippen LogP contribution in [0.25, 0.3) is 5.65 Å². The van der Waals surface area contributed by atoms with Gasteiger partial charge < -0.3 is 24.8 Å². The highest BCUT2D eigenvalue weighted by molar-refractivity contribution is 5.95. The minimum absolute atomic E-state index is 0.205. The first kappa shape index (κ1) is 31.3. The van der Waals surface area contributed by atoms with Gasteiger partial charge in [0.1, 0.15) is 35.6 Å². The number of imidazole rings is 1. The molecule has 12 heteroatoms. The van der Waals surface area contributed by atoms with Gasteiger partial charge >= 0.3 is 12.1 Å². The molecule has 41 heavy (non-hydrogen) atoms. The predicted molar refractivity (Wildman–Crippen MR) is 147 cm³/mol. The number of carbonyl (C=O) groups excluding carboxylic acids is 3. The van der Waals surface area contributed by atoms with Gasteiger partial charge in [-0.3, -0.25) is 9.20 Å². The van der Waals surface area contributed by atoms with Gasteiger partial charge in [0, 0.05) is 12.7 Å². The number of methoxy groups -OCH3 is 1. The SMILES string of the molecule is COC(=O)[C@H](CCCCNC(=O)c1c(C)nc2c(OCc3c(F)cccc3F)cc(C)cn12)NC(=O)OC(C)(C)C. The third-order valence-electron chi connectivity index (χ3n) is 6.03. The Kier molecular flexibility index (Phi) is 10.3. The molecule has 0 aliphatic carbocycles. The molecule has 10 nitrogen and oxygen atoms in total. The molecule has 0 bridgehead atoms. The standard InChI is InChI=1S/C29H36F2N4O6/c1-17-14-23(40-16-19-20(30)10-9-11-21(19)31)25-33-18(2)24(35(25)15-17)26(36)32-13-8-7-12-22(27(37)39-6)34-28(38)41-29(3,4)5/h9-11,14-15,22H,7-8,12-13,16H2,1-6H3,(H,32,36)(H,34,38)/t22-/m0/s1. The Morgan fingerprint density at radius 1 is 1.10 bits per heavy atom. The maximum Gasteiger partial charge on any atom is 0.408 e. The number of pyridine rings is 1. The lowest BCUT2D eigenvalue weighted by atomic mass is 10.1. The van der Waals surface area contributed by atoms with Crippen molar-refractivity contribution in [3.63, 3.8) is 0 Å². The number of hydrogen-bond donors (Lipinski definition) is 2. The summed E-state index contributed by atoms with van der Waals surface area (Å²) in [4.78, 5) is 41.7. The molecule has 0 spiro atoms. The van der Waals surface area contributed by atoms with Crippen molar-refractivity contribution < 1.29 is 37.4 Å². The average Bonchev–Trinajstić information content (AvgIpc) is 3.21. The van der Waals surface area contributed by atoms with Crippen molar-refractivity contribution in [1.82, 2.24) is 20.0 Å². The van der Waals surface area contributed by atoms with E-state index in [0.29, 0.717) is 42.8 Å². The highest BCUT2D eigenvalue weighted by Gasteiger charge is 2.25. The van der Waals surface area contributed by atoms with Gasteiger partial charge in [-0.1, -0.05) is 6.07 Å². The second-order valence-electron chi connectivity index (χ2n) is 10.6. The van der Waals surface area contributed by atoms with Crippen molar-refractivity contribution >= 4 is 23.6 Å². The fourth-order valence-electron chi connectivity index (χ4n) is 4.16. The van der Waals surface area contributed by atoms with Crippen molar-refractivity contribution in [3.05, 3.63) is 64.6 Å². The second-order valence-corrected chi connectivity index (χ2v) is 10.6. The molecule has 2 aromatic heterocycles. The number of ether oxygens (including phenoxy) is 3. The zero-order valence-corrected chi connectivity index (χ0v) is 24.1. The van der Waals surface area contributed by atoms with E-state index in [9.17, 15) is 23.2 Å². The fourth-order valence-corrected chi connectivity index (χ4v) is 4.16. The summed E-state index contributed by atoms with van der Waals surface area (Å²) in [5.74, 6) is -2.12. The van der Waals surface area contributed by atoms with Gasteiger partial charge in [0.15, 0.2) is 11.4 Å². The fraction of sp³-hybridized carbons (Fsp3) is 0.448. The lowest BCUT2D eigenvalue weighted by Crippen LogP contribution is -2.44. The minimum atomic E-state index is -0.884. The average molecular weight is 575 g/mol. The number of esters is 1. The van der Waals surface area contributed by atoms with Gasteiger partial charge in [-0.15, -0.1) is 0 Å². The van der Waals surface area contributed by atoms with Crippen molar-refractivity contribution in [2.24, 2.45) is 0 Å². The lowest BCUT2D eigenvalue weighted by Gasteiger charge is -2.22. The van der Waals surface area contributed by atoms with Crippen LogP contribution in [0.15, 0.2) is 30.5 Å². The lowest BCUT2D eigenvalue weighted by molar-refractivity contribution is -0.143. The van der Waals surface area contributed by atoms with E-state index in [0.717, 1.165) is 17.7 Å². The molecule has 0 radical (unpaired) electrons. The molecular formula is C29H36F2N4O6. The normalized spacial score (nSPS) is 12.1. The zero-order valence-electron chi connectivity index (χ0n) is 24.1. The number of carbonyl (C=O) groups is 3. The molecule has 1 atom stereocenters. The first-order valence-corrected chi connectivity index (χ1v) is 13.2. The summed E-state index contributed by atoms with van der Waals surface area (Å²) >= 11 is 0. The Hall–Kier alpha value is -4.22. The number of aryl methyl sites for hydroxylation is 2. The molecule has 1 aromatic carbocycles. The van der Waals surface area contributed by atoms with E-state index in [1.807, 2.05) is 0 Å². The Labute approximate surface area is 237 Å². The van der Waals surface area contributed by atoms with Gasteiger partial charge in [0.25, 0.3) is 5.91 Å². The maximum absolute atomic E-state index is 14.1. The van der Waals surface area contributed by atoms with Crippen molar-refractivity contribution in [3.8, 4) is 5.75 Å². The Morgan fingerprint density at radius 2 is 1.78 bits per heavy atom. The van der Waals surface area contributed by atoms with E-state index < -0.39 is 35.3 Å². The van der Waals surface area contributed by atoms with Crippen LogP contribution < -0.4 is 15.4 Å². The second kappa shape index (κ2) is 13.4. The van der Waals surface area contributed by atoms with Crippen LogP contribution in [-0.2, 0) is 20.9 Å². The highest BCUT2D eigenvalue weighted by Crippen LogP contribution is 2.26. The van der Waals surface area contributed by atoms with Gasteiger partial charge in [0.05, 0.1) is 18.4 Å². The summed E-state index contributed by atoms with van der Waals surface area (Å²) in [7, 11) is 1.24. The third kappa shape index (κ3) is 8.38. The summed E-state index contributed by atoms with van der Waals surface area (Å²) in [5.41, 5.74) is 0.910. The van der Waals surface area contributed by atoms with Crippen LogP contribution >= 0.6 is 0 Å². The molecule has 3 aromatic rings. The highest BCUT2D eigenvalue weighted by atomic mass is 19.1. The first-order valence-electron chi connectivity index (χ1n) is 13.2. The van der Waals surface area contributed by atoms with Gasteiger partial charge in [0.2, 0.25) is 0 Å². The van der Waals surface area contributed by atoms with E-state index in [1.54, 1.807) is 51.3 Å². The molecule has 0 saturated heterocycles. The van der Waals surface area contributed by atoms with E-state index in [-0.39, 0.29) is 23.8 Å². The number of hydrogen-bond acceptors (Lipinski definition) is 7. The molecule has 222 valence electrons. The van der Waals surface area contributed by atoms with E-state index in [2.05, 4.69) is 15.6 Å². The number of halogens is 2. The van der Waals surface area contributed by atoms with Crippen LogP contribution in [0.4, 0.5) is 13.6 Å². The Bertz CT molecular complexity index is 1400. The van der Waals surface area contributed by atoms with Crippen LogP contribution in [0, 0.1) is 25.5 Å². The first-order chi connectivity index (χ1) is 19.3. The summed E-state index contributed by atoms with van der Waals surface area (Å²) in [6, 6.07) is 4.39. The molecule has 3 rings (SSSR count). The number of nitrogens with zero attached hydrogens (tertiary/aromatic N) is 2. The summed E-state index contributed by atoms with van der Waals surface area (Å²) < 4.78 is 45.5. The quantitative estimate of drug-likeness (QED) is 0.250. The monoisotopic (exact) mass is 574 g/mol. The third-order valence-corrected chi connectivity index (χ3v) is 6.03. The number of alkyl carbamates (subject to hydrolysis) is 1. The number of rotatable bonds is 11. The van der Waals surface area contributed by atoms with E-state index in [4.69, 9.17) is 14.2 Å². The molecular weight excluding hydrogens is 538 g/mol. The van der Waals surface area contributed by atoms with Crippen molar-refractivity contribution in [2.45, 2.75) is 72.1 Å². The van der Waals surface area contributed by atoms with Crippen LogP contribution in [0.1, 0.15) is 67.3 Å². The summed E-state index contributed by atoms with van der Waals surface area (Å²) in [6.45, 7) is 8.59. The molecule has 0 aliphatic rings. The van der Waals surface area contributed by atoms with E-state index in [1.165, 1.54) is 13.2 Å². The Morgan fingerprint density at radius 3 is 2.41 bits per heavy atom. The predicted octanol–water partition coefficient (Wildman–Crippen LogP) is 4.77.